The first kappa shape index (κ1) is 17.2. The van der Waals surface area contributed by atoms with E-state index in [1.54, 1.807) is 23.9 Å². The summed E-state index contributed by atoms with van der Waals surface area (Å²) in [7, 11) is 0. The number of nitrogens with one attached hydrogen (secondary N) is 1. The molecule has 0 radical (unpaired) electrons. The van der Waals surface area contributed by atoms with Crippen molar-refractivity contribution in [1.29, 1.82) is 0 Å². The number of hydrogen-bond acceptors (Lipinski definition) is 2. The molecule has 3 rings (SSSR count). The van der Waals surface area contributed by atoms with E-state index in [1.165, 1.54) is 22.6 Å². The number of amides is 1. The van der Waals surface area contributed by atoms with Crippen LogP contribution in [0.1, 0.15) is 21.5 Å². The number of carbonyl (C=O) groups excluding carboxylic acids is 1. The molecule has 126 valence electrons. The van der Waals surface area contributed by atoms with E-state index in [1.807, 2.05) is 43.3 Å². The van der Waals surface area contributed by atoms with Crippen molar-refractivity contribution in [2.45, 2.75) is 17.6 Å². The number of benzene rings is 3. The minimum absolute atomic E-state index is 0.0469. The number of thioether (sulfide) groups is 1. The van der Waals surface area contributed by atoms with E-state index in [9.17, 15) is 9.18 Å². The highest BCUT2D eigenvalue weighted by Crippen LogP contribution is 2.25. The normalized spacial score (nSPS) is 10.5. The quantitative estimate of drug-likeness (QED) is 0.599. The third kappa shape index (κ3) is 4.48. The van der Waals surface area contributed by atoms with E-state index >= 15 is 0 Å². The molecule has 0 saturated carbocycles. The Balaban J connectivity index is 1.68. The molecule has 0 aliphatic carbocycles. The Morgan fingerprint density at radius 2 is 1.72 bits per heavy atom. The Bertz CT molecular complexity index is 880. The molecule has 3 aromatic rings. The van der Waals surface area contributed by atoms with E-state index in [0.29, 0.717) is 5.69 Å². The molecule has 0 aliphatic rings. The molecule has 3 aromatic carbocycles. The van der Waals surface area contributed by atoms with Crippen molar-refractivity contribution in [3.8, 4) is 0 Å². The molecule has 25 heavy (non-hydrogen) atoms. The average molecular weight is 351 g/mol. The fraction of sp³-hybridized carbons (Fsp3) is 0.0952. The third-order valence-electron chi connectivity index (χ3n) is 3.81. The average Bonchev–Trinajstić information content (AvgIpc) is 2.63. The predicted octanol–water partition coefficient (Wildman–Crippen LogP) is 5.68. The van der Waals surface area contributed by atoms with Gasteiger partial charge in [-0.3, -0.25) is 4.79 Å². The van der Waals surface area contributed by atoms with E-state index in [0.717, 1.165) is 11.3 Å². The van der Waals surface area contributed by atoms with Gasteiger partial charge in [0.05, 0.1) is 5.56 Å². The van der Waals surface area contributed by atoms with Gasteiger partial charge in [-0.2, -0.15) is 0 Å². The van der Waals surface area contributed by atoms with Crippen LogP contribution >= 0.6 is 11.8 Å². The lowest BCUT2D eigenvalue weighted by Crippen LogP contribution is -2.14. The van der Waals surface area contributed by atoms with Crippen molar-refractivity contribution in [2.75, 3.05) is 5.32 Å². The number of hydrogen-bond donors (Lipinski definition) is 1. The summed E-state index contributed by atoms with van der Waals surface area (Å²) in [5, 5.41) is 2.78. The van der Waals surface area contributed by atoms with Gasteiger partial charge in [-0.15, -0.1) is 11.8 Å². The molecule has 1 N–H and O–H groups in total. The lowest BCUT2D eigenvalue weighted by Gasteiger charge is -2.11. The van der Waals surface area contributed by atoms with Crippen LogP contribution in [0.25, 0.3) is 0 Å². The van der Waals surface area contributed by atoms with Gasteiger partial charge >= 0.3 is 0 Å². The molecule has 0 saturated heterocycles. The van der Waals surface area contributed by atoms with Gasteiger partial charge in [-0.1, -0.05) is 42.5 Å². The number of rotatable bonds is 5. The Hall–Kier alpha value is -2.59. The Kier molecular flexibility index (Phi) is 5.51. The zero-order chi connectivity index (χ0) is 17.6. The number of carbonyl (C=O) groups is 1. The topological polar surface area (TPSA) is 29.1 Å². The highest BCUT2D eigenvalue weighted by atomic mass is 32.2. The lowest BCUT2D eigenvalue weighted by atomic mass is 10.1. The van der Waals surface area contributed by atoms with Crippen LogP contribution in [0.15, 0.2) is 77.7 Å². The molecular weight excluding hydrogens is 333 g/mol. The van der Waals surface area contributed by atoms with Gasteiger partial charge in [0, 0.05) is 16.3 Å². The fourth-order valence-corrected chi connectivity index (χ4v) is 3.34. The zero-order valence-corrected chi connectivity index (χ0v) is 14.6. The summed E-state index contributed by atoms with van der Waals surface area (Å²) >= 11 is 1.76. The van der Waals surface area contributed by atoms with Crippen LogP contribution in [-0.2, 0) is 5.75 Å². The smallest absolute Gasteiger partial charge is 0.258 e. The van der Waals surface area contributed by atoms with Gasteiger partial charge in [0.2, 0.25) is 0 Å². The Morgan fingerprint density at radius 3 is 2.44 bits per heavy atom. The first-order valence-electron chi connectivity index (χ1n) is 7.97. The predicted molar refractivity (Wildman–Crippen MR) is 102 cm³/mol. The molecule has 0 aromatic heterocycles. The van der Waals surface area contributed by atoms with Gasteiger partial charge in [0.15, 0.2) is 0 Å². The molecule has 2 nitrogen and oxygen atoms in total. The van der Waals surface area contributed by atoms with E-state index in [2.05, 4.69) is 17.4 Å². The van der Waals surface area contributed by atoms with Crippen LogP contribution < -0.4 is 5.32 Å². The van der Waals surface area contributed by atoms with Crippen molar-refractivity contribution in [3.63, 3.8) is 0 Å². The molecule has 1 amide bonds. The number of anilines is 1. The lowest BCUT2D eigenvalue weighted by molar-refractivity contribution is 0.102. The Morgan fingerprint density at radius 1 is 1.00 bits per heavy atom. The standard InChI is InChI=1S/C21H18FNOS/c1-15-13-16(14-25-17-7-3-2-4-8-17)11-12-20(15)23-21(24)18-9-5-6-10-19(18)22/h2-13H,14H2,1H3,(H,23,24). The highest BCUT2D eigenvalue weighted by molar-refractivity contribution is 7.98. The molecule has 4 heteroatoms. The minimum atomic E-state index is -0.520. The van der Waals surface area contributed by atoms with Crippen LogP contribution in [0.3, 0.4) is 0 Å². The van der Waals surface area contributed by atoms with Gasteiger partial charge in [0.1, 0.15) is 5.82 Å². The monoisotopic (exact) mass is 351 g/mol. The molecule has 0 heterocycles. The summed E-state index contributed by atoms with van der Waals surface area (Å²) in [5.74, 6) is -0.104. The maximum Gasteiger partial charge on any atom is 0.258 e. The van der Waals surface area contributed by atoms with Crippen molar-refractivity contribution in [1.82, 2.24) is 0 Å². The van der Waals surface area contributed by atoms with Gasteiger partial charge in [-0.25, -0.2) is 4.39 Å². The minimum Gasteiger partial charge on any atom is -0.322 e. The maximum absolute atomic E-state index is 13.7. The van der Waals surface area contributed by atoms with Crippen molar-refractivity contribution in [2.24, 2.45) is 0 Å². The Labute approximate surface area is 151 Å². The summed E-state index contributed by atoms with van der Waals surface area (Å²) in [4.78, 5) is 13.4. The summed E-state index contributed by atoms with van der Waals surface area (Å²) in [5.41, 5.74) is 2.87. The van der Waals surface area contributed by atoms with E-state index in [4.69, 9.17) is 0 Å². The van der Waals surface area contributed by atoms with Gasteiger partial charge in [0.25, 0.3) is 5.91 Å². The summed E-state index contributed by atoms with van der Waals surface area (Å²) in [6.07, 6.45) is 0. The van der Waals surface area contributed by atoms with E-state index < -0.39 is 11.7 Å². The van der Waals surface area contributed by atoms with Gasteiger partial charge < -0.3 is 5.32 Å². The first-order chi connectivity index (χ1) is 12.1. The molecule has 0 atom stereocenters. The maximum atomic E-state index is 13.7. The van der Waals surface area contributed by atoms with Crippen molar-refractivity contribution < 1.29 is 9.18 Å². The van der Waals surface area contributed by atoms with E-state index in [-0.39, 0.29) is 5.56 Å². The summed E-state index contributed by atoms with van der Waals surface area (Å²) < 4.78 is 13.7. The van der Waals surface area contributed by atoms with Crippen LogP contribution in [0, 0.1) is 12.7 Å². The van der Waals surface area contributed by atoms with Crippen LogP contribution in [0.5, 0.6) is 0 Å². The fourth-order valence-electron chi connectivity index (χ4n) is 2.47. The number of aryl methyl sites for hydroxylation is 1. The molecule has 0 aliphatic heterocycles. The van der Waals surface area contributed by atoms with Crippen molar-refractivity contribution >= 4 is 23.4 Å². The summed E-state index contributed by atoms with van der Waals surface area (Å²) in [6.45, 7) is 1.94. The van der Waals surface area contributed by atoms with Crippen LogP contribution in [0.4, 0.5) is 10.1 Å². The molecule has 0 fully saturated rings. The first-order valence-corrected chi connectivity index (χ1v) is 8.95. The summed E-state index contributed by atoms with van der Waals surface area (Å²) in [6, 6.07) is 22.1. The second-order valence-corrected chi connectivity index (χ2v) is 6.73. The van der Waals surface area contributed by atoms with Crippen molar-refractivity contribution in [3.05, 3.63) is 95.3 Å². The number of halogens is 1. The van der Waals surface area contributed by atoms with Crippen LogP contribution in [0.2, 0.25) is 0 Å². The molecule has 0 bridgehead atoms. The largest absolute Gasteiger partial charge is 0.322 e. The second-order valence-electron chi connectivity index (χ2n) is 5.68. The van der Waals surface area contributed by atoms with Crippen LogP contribution in [-0.4, -0.2) is 5.91 Å². The van der Waals surface area contributed by atoms with Gasteiger partial charge in [-0.05, 0) is 48.4 Å². The molecular formula is C21H18FNOS. The second kappa shape index (κ2) is 7.99. The molecule has 0 spiro atoms. The zero-order valence-electron chi connectivity index (χ0n) is 13.8. The third-order valence-corrected chi connectivity index (χ3v) is 4.89. The SMILES string of the molecule is Cc1cc(CSc2ccccc2)ccc1NC(=O)c1ccccc1F. The highest BCUT2D eigenvalue weighted by Gasteiger charge is 2.12. The molecule has 0 unspecified atom stereocenters.